The molecule has 144 valence electrons. The molecule has 2 amide bonds. The number of ether oxygens (including phenoxy) is 1. The molecule has 4 heterocycles. The number of carbonyl (C=O) groups excluding carboxylic acids is 2. The average Bonchev–Trinajstić information content (AvgIpc) is 3.34. The first-order valence-corrected chi connectivity index (χ1v) is 11.0. The quantitative estimate of drug-likeness (QED) is 0.787. The third-order valence-corrected chi connectivity index (χ3v) is 6.96. The molecule has 0 aliphatic carbocycles. The molecule has 0 saturated carbocycles. The number of rotatable bonds is 3. The van der Waals surface area contributed by atoms with Crippen LogP contribution in [0.1, 0.15) is 33.2 Å². The molecule has 0 atom stereocenters. The van der Waals surface area contributed by atoms with Gasteiger partial charge in [0.15, 0.2) is 0 Å². The lowest BCUT2D eigenvalue weighted by Gasteiger charge is -2.47. The third kappa shape index (κ3) is 4.07. The predicted molar refractivity (Wildman–Crippen MR) is 105 cm³/mol. The lowest BCUT2D eigenvalue weighted by molar-refractivity contribution is -0.157. The van der Waals surface area contributed by atoms with E-state index >= 15 is 0 Å². The Balaban J connectivity index is 1.35. The van der Waals surface area contributed by atoms with Crippen molar-refractivity contribution in [3.05, 3.63) is 38.5 Å². The molecule has 2 fully saturated rings. The minimum absolute atomic E-state index is 0.00404. The van der Waals surface area contributed by atoms with Gasteiger partial charge in [0.1, 0.15) is 5.69 Å². The highest BCUT2D eigenvalue weighted by Gasteiger charge is 2.42. The van der Waals surface area contributed by atoms with Crippen molar-refractivity contribution in [2.75, 3.05) is 32.8 Å². The average molecular weight is 406 g/mol. The summed E-state index contributed by atoms with van der Waals surface area (Å²) in [4.78, 5) is 34.5. The number of nitrogens with zero attached hydrogens (tertiary/aromatic N) is 3. The van der Waals surface area contributed by atoms with Crippen LogP contribution in [0, 0.1) is 6.92 Å². The largest absolute Gasteiger partial charge is 0.371 e. The van der Waals surface area contributed by atoms with E-state index in [0.717, 1.165) is 22.7 Å². The van der Waals surface area contributed by atoms with Crippen molar-refractivity contribution in [1.29, 1.82) is 0 Å². The summed E-state index contributed by atoms with van der Waals surface area (Å²) in [7, 11) is 0. The van der Waals surface area contributed by atoms with Gasteiger partial charge in [0.2, 0.25) is 5.91 Å². The van der Waals surface area contributed by atoms with Crippen LogP contribution >= 0.6 is 22.7 Å². The van der Waals surface area contributed by atoms with Gasteiger partial charge in [0.05, 0.1) is 23.6 Å². The fourth-order valence-electron chi connectivity index (χ4n) is 3.78. The van der Waals surface area contributed by atoms with Crippen LogP contribution in [0.5, 0.6) is 0 Å². The zero-order valence-corrected chi connectivity index (χ0v) is 17.0. The molecular formula is C19H23N3O3S2. The van der Waals surface area contributed by atoms with Crippen LogP contribution in [0.3, 0.4) is 0 Å². The molecular weight excluding hydrogens is 382 g/mol. The van der Waals surface area contributed by atoms with E-state index in [1.165, 1.54) is 11.3 Å². The number of hydrogen-bond acceptors (Lipinski definition) is 6. The zero-order valence-electron chi connectivity index (χ0n) is 15.3. The normalized spacial score (nSPS) is 19.4. The summed E-state index contributed by atoms with van der Waals surface area (Å²) in [5, 5.41) is 4.73. The van der Waals surface area contributed by atoms with E-state index < -0.39 is 0 Å². The predicted octanol–water partition coefficient (Wildman–Crippen LogP) is 2.59. The Morgan fingerprint density at radius 1 is 1.22 bits per heavy atom. The highest BCUT2D eigenvalue weighted by Crippen LogP contribution is 2.31. The minimum Gasteiger partial charge on any atom is -0.371 e. The highest BCUT2D eigenvalue weighted by atomic mass is 32.1. The molecule has 2 aliphatic rings. The second kappa shape index (κ2) is 7.69. The van der Waals surface area contributed by atoms with E-state index in [4.69, 9.17) is 4.74 Å². The molecule has 0 aromatic carbocycles. The van der Waals surface area contributed by atoms with Crippen molar-refractivity contribution < 1.29 is 14.3 Å². The SMILES string of the molecule is Cc1nc(C(=O)N2CCC3(CC2)CN(C(=O)Cc2cccs2)CCO3)cs1. The van der Waals surface area contributed by atoms with Gasteiger partial charge in [-0.1, -0.05) is 6.07 Å². The first-order valence-electron chi connectivity index (χ1n) is 9.20. The summed E-state index contributed by atoms with van der Waals surface area (Å²) < 4.78 is 6.12. The second-order valence-electron chi connectivity index (χ2n) is 7.15. The number of thiophene rings is 1. The van der Waals surface area contributed by atoms with Gasteiger partial charge in [-0.2, -0.15) is 0 Å². The molecule has 0 radical (unpaired) electrons. The van der Waals surface area contributed by atoms with Crippen LogP contribution in [-0.2, 0) is 16.0 Å². The van der Waals surface area contributed by atoms with Crippen molar-refractivity contribution in [3.63, 3.8) is 0 Å². The zero-order chi connectivity index (χ0) is 18.9. The Morgan fingerprint density at radius 3 is 2.70 bits per heavy atom. The van der Waals surface area contributed by atoms with E-state index in [2.05, 4.69) is 4.98 Å². The Labute approximate surface area is 166 Å². The van der Waals surface area contributed by atoms with Crippen molar-refractivity contribution in [1.82, 2.24) is 14.8 Å². The summed E-state index contributed by atoms with van der Waals surface area (Å²) >= 11 is 3.11. The maximum absolute atomic E-state index is 12.7. The fraction of sp³-hybridized carbons (Fsp3) is 0.526. The molecule has 0 unspecified atom stereocenters. The van der Waals surface area contributed by atoms with Crippen LogP contribution in [0.2, 0.25) is 0 Å². The van der Waals surface area contributed by atoms with Gasteiger partial charge >= 0.3 is 0 Å². The first-order chi connectivity index (χ1) is 13.0. The monoisotopic (exact) mass is 405 g/mol. The summed E-state index contributed by atoms with van der Waals surface area (Å²) in [5.41, 5.74) is 0.212. The number of aryl methyl sites for hydroxylation is 1. The Hall–Kier alpha value is -1.77. The molecule has 2 aromatic rings. The number of morpholine rings is 1. The summed E-state index contributed by atoms with van der Waals surface area (Å²) in [5.74, 6) is 0.159. The number of carbonyl (C=O) groups is 2. The third-order valence-electron chi connectivity index (χ3n) is 5.31. The molecule has 0 N–H and O–H groups in total. The van der Waals surface area contributed by atoms with Gasteiger partial charge in [-0.25, -0.2) is 4.98 Å². The Kier molecular flexibility index (Phi) is 5.29. The van der Waals surface area contributed by atoms with Crippen LogP contribution in [0.4, 0.5) is 0 Å². The van der Waals surface area contributed by atoms with Gasteiger partial charge in [-0.05, 0) is 31.2 Å². The van der Waals surface area contributed by atoms with Crippen molar-refractivity contribution in [2.24, 2.45) is 0 Å². The van der Waals surface area contributed by atoms with Crippen LogP contribution < -0.4 is 0 Å². The molecule has 2 aliphatic heterocycles. The standard InChI is InChI=1S/C19H23N3O3S2/c1-14-20-16(12-27-14)18(24)21-6-4-19(5-7-21)13-22(8-9-25-19)17(23)11-15-3-2-10-26-15/h2-3,10,12H,4-9,11,13H2,1H3. The highest BCUT2D eigenvalue weighted by molar-refractivity contribution is 7.10. The van der Waals surface area contributed by atoms with Gasteiger partial charge < -0.3 is 14.5 Å². The number of amides is 2. The Bertz CT molecular complexity index is 810. The van der Waals surface area contributed by atoms with Gasteiger partial charge in [-0.3, -0.25) is 9.59 Å². The summed E-state index contributed by atoms with van der Waals surface area (Å²) in [6.07, 6.45) is 1.97. The minimum atomic E-state index is -0.321. The second-order valence-corrected chi connectivity index (χ2v) is 9.24. The summed E-state index contributed by atoms with van der Waals surface area (Å²) in [6.45, 7) is 5.02. The lowest BCUT2D eigenvalue weighted by atomic mass is 9.89. The number of aromatic nitrogens is 1. The topological polar surface area (TPSA) is 62.7 Å². The molecule has 0 bridgehead atoms. The van der Waals surface area contributed by atoms with E-state index in [9.17, 15) is 9.59 Å². The number of piperidine rings is 1. The fourth-order valence-corrected chi connectivity index (χ4v) is 5.06. The Morgan fingerprint density at radius 2 is 2.04 bits per heavy atom. The smallest absolute Gasteiger partial charge is 0.273 e. The van der Waals surface area contributed by atoms with Crippen molar-refractivity contribution in [2.45, 2.75) is 31.8 Å². The number of likely N-dealkylation sites (tertiary alicyclic amines) is 1. The molecule has 1 spiro atoms. The molecule has 6 nitrogen and oxygen atoms in total. The van der Waals surface area contributed by atoms with Crippen molar-refractivity contribution >= 4 is 34.5 Å². The molecule has 27 heavy (non-hydrogen) atoms. The maximum Gasteiger partial charge on any atom is 0.273 e. The van der Waals surface area contributed by atoms with Gasteiger partial charge in [0.25, 0.3) is 5.91 Å². The van der Waals surface area contributed by atoms with Crippen molar-refractivity contribution in [3.8, 4) is 0 Å². The molecule has 8 heteroatoms. The van der Waals surface area contributed by atoms with E-state index in [1.54, 1.807) is 11.3 Å². The van der Waals surface area contributed by atoms with Crippen LogP contribution in [0.15, 0.2) is 22.9 Å². The number of thiazole rings is 1. The molecule has 2 aromatic heterocycles. The van der Waals surface area contributed by atoms with Crippen LogP contribution in [0.25, 0.3) is 0 Å². The molecule has 2 saturated heterocycles. The first kappa shape index (κ1) is 18.6. The van der Waals surface area contributed by atoms with E-state index in [1.807, 2.05) is 39.6 Å². The van der Waals surface area contributed by atoms with Gasteiger partial charge in [0, 0.05) is 36.4 Å². The maximum atomic E-state index is 12.7. The molecule has 4 rings (SSSR count). The van der Waals surface area contributed by atoms with E-state index in [0.29, 0.717) is 44.9 Å². The summed E-state index contributed by atoms with van der Waals surface area (Å²) in [6, 6.07) is 3.98. The van der Waals surface area contributed by atoms with Gasteiger partial charge in [-0.15, -0.1) is 22.7 Å². The number of hydrogen-bond donors (Lipinski definition) is 0. The van der Waals surface area contributed by atoms with E-state index in [-0.39, 0.29) is 17.4 Å². The van der Waals surface area contributed by atoms with Crippen LogP contribution in [-0.4, -0.2) is 65.0 Å². The lowest BCUT2D eigenvalue weighted by Crippen LogP contribution is -2.58.